The number of hydrogen-bond acceptors (Lipinski definition) is 2. The number of rotatable bonds is 0. The zero-order valence-corrected chi connectivity index (χ0v) is 8.00. The number of anilines is 1. The van der Waals surface area contributed by atoms with Crippen molar-refractivity contribution in [3.05, 3.63) is 29.3 Å². The molecule has 1 amide bonds. The molecule has 1 aromatic carbocycles. The lowest BCUT2D eigenvalue weighted by atomic mass is 9.95. The van der Waals surface area contributed by atoms with Crippen LogP contribution in [0.15, 0.2) is 18.2 Å². The average molecular weight is 188 g/mol. The maximum absolute atomic E-state index is 11.8. The van der Waals surface area contributed by atoms with E-state index in [-0.39, 0.29) is 17.4 Å². The van der Waals surface area contributed by atoms with Crippen LogP contribution in [0, 0.1) is 6.92 Å². The normalized spacial score (nSPS) is 33.0. The molecule has 14 heavy (non-hydrogen) atoms. The maximum Gasteiger partial charge on any atom is 0.236 e. The number of aryl methyl sites for hydroxylation is 1. The van der Waals surface area contributed by atoms with Crippen LogP contribution < -0.4 is 11.1 Å². The minimum absolute atomic E-state index is 0.00514. The Hall–Kier alpha value is -1.35. The first-order chi connectivity index (χ1) is 6.66. The molecule has 3 nitrogen and oxygen atoms in total. The third-order valence-corrected chi connectivity index (χ3v) is 3.41. The number of para-hydroxylation sites is 1. The van der Waals surface area contributed by atoms with Gasteiger partial charge in [-0.15, -0.1) is 0 Å². The van der Waals surface area contributed by atoms with Crippen LogP contribution >= 0.6 is 0 Å². The van der Waals surface area contributed by atoms with E-state index in [0.717, 1.165) is 23.2 Å². The SMILES string of the molecule is Cc1cccc2c1NC(=O)C21CC1N. The van der Waals surface area contributed by atoms with Gasteiger partial charge in [0, 0.05) is 11.7 Å². The molecule has 3 heteroatoms. The molecular formula is C11H12N2O. The van der Waals surface area contributed by atoms with Crippen molar-refractivity contribution in [1.29, 1.82) is 0 Å². The van der Waals surface area contributed by atoms with Gasteiger partial charge < -0.3 is 11.1 Å². The van der Waals surface area contributed by atoms with E-state index in [4.69, 9.17) is 5.73 Å². The molecule has 1 aliphatic heterocycles. The number of nitrogens with two attached hydrogens (primary N) is 1. The van der Waals surface area contributed by atoms with Gasteiger partial charge in [-0.1, -0.05) is 18.2 Å². The topological polar surface area (TPSA) is 55.1 Å². The monoisotopic (exact) mass is 188 g/mol. The van der Waals surface area contributed by atoms with Crippen LogP contribution in [-0.4, -0.2) is 11.9 Å². The van der Waals surface area contributed by atoms with Crippen LogP contribution in [0.1, 0.15) is 17.5 Å². The Morgan fingerprint density at radius 1 is 1.57 bits per heavy atom. The molecule has 0 radical (unpaired) electrons. The van der Waals surface area contributed by atoms with Gasteiger partial charge in [0.05, 0.1) is 5.41 Å². The standard InChI is InChI=1S/C11H12N2O/c1-6-3-2-4-7-9(6)13-10(14)11(7)5-8(11)12/h2-4,8H,5,12H2,1H3,(H,13,14). The summed E-state index contributed by atoms with van der Waals surface area (Å²) in [5.41, 5.74) is 8.66. The van der Waals surface area contributed by atoms with Gasteiger partial charge >= 0.3 is 0 Å². The second kappa shape index (κ2) is 2.17. The third-order valence-electron chi connectivity index (χ3n) is 3.41. The molecule has 1 aromatic rings. The summed E-state index contributed by atoms with van der Waals surface area (Å²) in [6.45, 7) is 2.01. The summed E-state index contributed by atoms with van der Waals surface area (Å²) >= 11 is 0. The van der Waals surface area contributed by atoms with E-state index in [1.54, 1.807) is 0 Å². The largest absolute Gasteiger partial charge is 0.326 e. The van der Waals surface area contributed by atoms with Gasteiger partial charge in [0.1, 0.15) is 0 Å². The van der Waals surface area contributed by atoms with Crippen molar-refractivity contribution >= 4 is 11.6 Å². The van der Waals surface area contributed by atoms with E-state index in [1.807, 2.05) is 25.1 Å². The predicted octanol–water partition coefficient (Wildman–Crippen LogP) is 0.916. The first-order valence-electron chi connectivity index (χ1n) is 4.83. The van der Waals surface area contributed by atoms with E-state index < -0.39 is 0 Å². The average Bonchev–Trinajstić information content (AvgIpc) is 2.73. The smallest absolute Gasteiger partial charge is 0.236 e. The van der Waals surface area contributed by atoms with Gasteiger partial charge in [0.15, 0.2) is 0 Å². The molecule has 1 spiro atoms. The lowest BCUT2D eigenvalue weighted by Crippen LogP contribution is -2.26. The molecule has 1 fully saturated rings. The number of benzene rings is 1. The van der Waals surface area contributed by atoms with Crippen molar-refractivity contribution in [3.63, 3.8) is 0 Å². The summed E-state index contributed by atoms with van der Waals surface area (Å²) in [6.07, 6.45) is 0.787. The second-order valence-corrected chi connectivity index (χ2v) is 4.23. The van der Waals surface area contributed by atoms with E-state index in [0.29, 0.717) is 0 Å². The number of hydrogen-bond donors (Lipinski definition) is 2. The maximum atomic E-state index is 11.8. The summed E-state index contributed by atoms with van der Waals surface area (Å²) in [5, 5.41) is 2.93. The zero-order chi connectivity index (χ0) is 9.92. The summed E-state index contributed by atoms with van der Waals surface area (Å²) in [6, 6.07) is 6.01. The molecule has 3 rings (SSSR count). The quantitative estimate of drug-likeness (QED) is 0.636. The van der Waals surface area contributed by atoms with Gasteiger partial charge in [0.25, 0.3) is 0 Å². The van der Waals surface area contributed by atoms with Crippen molar-refractivity contribution in [3.8, 4) is 0 Å². The van der Waals surface area contributed by atoms with Crippen LogP contribution in [0.4, 0.5) is 5.69 Å². The minimum Gasteiger partial charge on any atom is -0.326 e. The Kier molecular flexibility index (Phi) is 1.24. The second-order valence-electron chi connectivity index (χ2n) is 4.23. The van der Waals surface area contributed by atoms with E-state index in [9.17, 15) is 4.79 Å². The zero-order valence-electron chi connectivity index (χ0n) is 8.00. The summed E-state index contributed by atoms with van der Waals surface area (Å²) in [5.74, 6) is 0.0781. The molecule has 0 bridgehead atoms. The van der Waals surface area contributed by atoms with E-state index >= 15 is 0 Å². The fourth-order valence-corrected chi connectivity index (χ4v) is 2.41. The molecule has 1 saturated carbocycles. The van der Waals surface area contributed by atoms with Gasteiger partial charge in [0.2, 0.25) is 5.91 Å². The van der Waals surface area contributed by atoms with Gasteiger partial charge in [-0.3, -0.25) is 4.79 Å². The molecule has 1 heterocycles. The minimum atomic E-state index is -0.388. The number of carbonyl (C=O) groups is 1. The number of nitrogens with one attached hydrogen (secondary N) is 1. The van der Waals surface area contributed by atoms with Gasteiger partial charge in [-0.25, -0.2) is 0 Å². The lowest BCUT2D eigenvalue weighted by molar-refractivity contribution is -0.118. The van der Waals surface area contributed by atoms with Crippen LogP contribution in [0.2, 0.25) is 0 Å². The van der Waals surface area contributed by atoms with Gasteiger partial charge in [-0.05, 0) is 24.5 Å². The molecule has 3 N–H and O–H groups in total. The first kappa shape index (κ1) is 8.00. The highest BCUT2D eigenvalue weighted by molar-refractivity contribution is 6.10. The fourth-order valence-electron chi connectivity index (χ4n) is 2.41. The van der Waals surface area contributed by atoms with Crippen molar-refractivity contribution in [2.24, 2.45) is 5.73 Å². The molecular weight excluding hydrogens is 176 g/mol. The Labute approximate surface area is 82.3 Å². The number of fused-ring (bicyclic) bond motifs is 2. The number of carbonyl (C=O) groups excluding carboxylic acids is 1. The highest BCUT2D eigenvalue weighted by Crippen LogP contribution is 2.54. The highest BCUT2D eigenvalue weighted by atomic mass is 16.2. The Balaban J connectivity index is 2.24. The highest BCUT2D eigenvalue weighted by Gasteiger charge is 2.63. The molecule has 0 saturated heterocycles. The molecule has 0 aromatic heterocycles. The van der Waals surface area contributed by atoms with Crippen LogP contribution in [0.5, 0.6) is 0 Å². The Morgan fingerprint density at radius 3 is 2.93 bits per heavy atom. The fraction of sp³-hybridized carbons (Fsp3) is 0.364. The van der Waals surface area contributed by atoms with Crippen molar-refractivity contribution in [2.75, 3.05) is 5.32 Å². The van der Waals surface area contributed by atoms with Crippen molar-refractivity contribution in [1.82, 2.24) is 0 Å². The van der Waals surface area contributed by atoms with Crippen LogP contribution in [0.3, 0.4) is 0 Å². The lowest BCUT2D eigenvalue weighted by Gasteiger charge is -2.05. The Bertz CT molecular complexity index is 441. The molecule has 72 valence electrons. The summed E-state index contributed by atoms with van der Waals surface area (Å²) in [7, 11) is 0. The van der Waals surface area contributed by atoms with Gasteiger partial charge in [-0.2, -0.15) is 0 Å². The predicted molar refractivity (Wildman–Crippen MR) is 54.1 cm³/mol. The molecule has 2 aliphatic rings. The third kappa shape index (κ3) is 0.700. The van der Waals surface area contributed by atoms with E-state index in [2.05, 4.69) is 5.32 Å². The molecule has 2 unspecified atom stereocenters. The Morgan fingerprint density at radius 2 is 2.29 bits per heavy atom. The van der Waals surface area contributed by atoms with E-state index in [1.165, 1.54) is 0 Å². The van der Waals surface area contributed by atoms with Crippen LogP contribution in [-0.2, 0) is 10.2 Å². The van der Waals surface area contributed by atoms with Crippen LogP contribution in [0.25, 0.3) is 0 Å². The van der Waals surface area contributed by atoms with Crippen molar-refractivity contribution < 1.29 is 4.79 Å². The summed E-state index contributed by atoms with van der Waals surface area (Å²) < 4.78 is 0. The summed E-state index contributed by atoms with van der Waals surface area (Å²) in [4.78, 5) is 11.8. The molecule has 1 aliphatic carbocycles. The van der Waals surface area contributed by atoms with Crippen molar-refractivity contribution in [2.45, 2.75) is 24.8 Å². The molecule has 2 atom stereocenters. The number of amides is 1. The first-order valence-corrected chi connectivity index (χ1v) is 4.83.